The molecule has 0 spiro atoms. The van der Waals surface area contributed by atoms with E-state index < -0.39 is 11.7 Å². The lowest BCUT2D eigenvalue weighted by molar-refractivity contribution is -0.136. The SMILES string of the molecule is Cl.Cl.Nc1ccccc1C(F)(F)F. The van der Waals surface area contributed by atoms with E-state index in [1.807, 2.05) is 0 Å². The molecule has 0 amide bonds. The predicted molar refractivity (Wildman–Crippen MR) is 50.4 cm³/mol. The van der Waals surface area contributed by atoms with E-state index in [0.717, 1.165) is 6.07 Å². The zero-order valence-corrected chi connectivity index (χ0v) is 7.97. The van der Waals surface area contributed by atoms with Crippen LogP contribution >= 0.6 is 24.8 Å². The fourth-order valence-electron chi connectivity index (χ4n) is 0.755. The van der Waals surface area contributed by atoms with Crippen LogP contribution in [0, 0.1) is 0 Å². The Kier molecular flexibility index (Phi) is 5.95. The number of benzene rings is 1. The molecule has 6 heteroatoms. The van der Waals surface area contributed by atoms with Crippen LogP contribution in [-0.2, 0) is 6.18 Å². The van der Waals surface area contributed by atoms with Gasteiger partial charge in [-0.2, -0.15) is 13.2 Å². The topological polar surface area (TPSA) is 26.0 Å². The standard InChI is InChI=1S/C7H6F3N.2ClH/c8-7(9,10)5-3-1-2-4-6(5)11;;/h1-4H,11H2;2*1H. The molecule has 0 saturated heterocycles. The van der Waals surface area contributed by atoms with Crippen LogP contribution in [0.4, 0.5) is 18.9 Å². The number of alkyl halides is 3. The lowest BCUT2D eigenvalue weighted by Crippen LogP contribution is -2.07. The molecule has 1 aromatic rings. The molecule has 0 unspecified atom stereocenters. The van der Waals surface area contributed by atoms with Crippen molar-refractivity contribution >= 4 is 30.5 Å². The molecule has 0 radical (unpaired) electrons. The van der Waals surface area contributed by atoms with E-state index in [4.69, 9.17) is 5.73 Å². The molecule has 0 saturated carbocycles. The van der Waals surface area contributed by atoms with Gasteiger partial charge in [-0.1, -0.05) is 12.1 Å². The van der Waals surface area contributed by atoms with E-state index in [-0.39, 0.29) is 30.5 Å². The normalized spacial score (nSPS) is 9.77. The third-order valence-electron chi connectivity index (χ3n) is 1.27. The van der Waals surface area contributed by atoms with Gasteiger partial charge in [-0.3, -0.25) is 0 Å². The molecule has 1 rings (SSSR count). The molecule has 0 aromatic heterocycles. The number of halogens is 5. The highest BCUT2D eigenvalue weighted by Gasteiger charge is 2.32. The van der Waals surface area contributed by atoms with E-state index in [1.165, 1.54) is 18.2 Å². The maximum atomic E-state index is 12.0. The molecular weight excluding hydrogens is 226 g/mol. The van der Waals surface area contributed by atoms with Crippen LogP contribution in [0.5, 0.6) is 0 Å². The van der Waals surface area contributed by atoms with Crippen molar-refractivity contribution in [2.75, 3.05) is 5.73 Å². The van der Waals surface area contributed by atoms with Gasteiger partial charge in [0.25, 0.3) is 0 Å². The molecule has 1 aromatic carbocycles. The fraction of sp³-hybridized carbons (Fsp3) is 0.143. The average Bonchev–Trinajstić information content (AvgIpc) is 1.86. The summed E-state index contributed by atoms with van der Waals surface area (Å²) in [7, 11) is 0. The van der Waals surface area contributed by atoms with Gasteiger partial charge in [0.2, 0.25) is 0 Å². The third kappa shape index (κ3) is 3.74. The average molecular weight is 234 g/mol. The Morgan fingerprint density at radius 1 is 1.00 bits per heavy atom. The molecule has 0 fully saturated rings. The Morgan fingerprint density at radius 2 is 1.46 bits per heavy atom. The Morgan fingerprint density at radius 3 is 1.77 bits per heavy atom. The van der Waals surface area contributed by atoms with Crippen molar-refractivity contribution < 1.29 is 13.2 Å². The van der Waals surface area contributed by atoms with E-state index in [0.29, 0.717) is 0 Å². The maximum Gasteiger partial charge on any atom is 0.418 e. The van der Waals surface area contributed by atoms with E-state index in [1.54, 1.807) is 0 Å². The summed E-state index contributed by atoms with van der Waals surface area (Å²) in [5.74, 6) is 0. The molecular formula is C7H8Cl2F3N. The first-order valence-electron chi connectivity index (χ1n) is 2.93. The summed E-state index contributed by atoms with van der Waals surface area (Å²) in [6, 6.07) is 4.95. The Labute approximate surface area is 85.9 Å². The van der Waals surface area contributed by atoms with E-state index in [9.17, 15) is 13.2 Å². The molecule has 13 heavy (non-hydrogen) atoms. The summed E-state index contributed by atoms with van der Waals surface area (Å²) in [4.78, 5) is 0. The summed E-state index contributed by atoms with van der Waals surface area (Å²) in [5.41, 5.74) is 4.07. The third-order valence-corrected chi connectivity index (χ3v) is 1.27. The highest BCUT2D eigenvalue weighted by atomic mass is 35.5. The first-order chi connectivity index (χ1) is 5.02. The second kappa shape index (κ2) is 5.19. The minimum absolute atomic E-state index is 0. The summed E-state index contributed by atoms with van der Waals surface area (Å²) in [6.45, 7) is 0. The quantitative estimate of drug-likeness (QED) is 0.685. The highest BCUT2D eigenvalue weighted by Crippen LogP contribution is 2.32. The van der Waals surface area contributed by atoms with Crippen molar-refractivity contribution in [1.29, 1.82) is 0 Å². The van der Waals surface area contributed by atoms with Gasteiger partial charge in [0, 0.05) is 5.69 Å². The van der Waals surface area contributed by atoms with Crippen LogP contribution in [0.2, 0.25) is 0 Å². The second-order valence-corrected chi connectivity index (χ2v) is 2.09. The summed E-state index contributed by atoms with van der Waals surface area (Å²) in [5, 5.41) is 0. The molecule has 0 atom stereocenters. The van der Waals surface area contributed by atoms with Crippen molar-refractivity contribution in [2.24, 2.45) is 0 Å². The van der Waals surface area contributed by atoms with Crippen LogP contribution in [0.1, 0.15) is 5.56 Å². The van der Waals surface area contributed by atoms with Crippen LogP contribution in [0.15, 0.2) is 24.3 Å². The van der Waals surface area contributed by atoms with Crippen molar-refractivity contribution in [3.8, 4) is 0 Å². The first kappa shape index (κ1) is 14.9. The molecule has 2 N–H and O–H groups in total. The van der Waals surface area contributed by atoms with Gasteiger partial charge >= 0.3 is 6.18 Å². The van der Waals surface area contributed by atoms with Crippen molar-refractivity contribution in [3.05, 3.63) is 29.8 Å². The summed E-state index contributed by atoms with van der Waals surface area (Å²) >= 11 is 0. The number of para-hydroxylation sites is 1. The van der Waals surface area contributed by atoms with Crippen molar-refractivity contribution in [1.82, 2.24) is 0 Å². The number of hydrogen-bond acceptors (Lipinski definition) is 1. The Bertz CT molecular complexity index is 262. The predicted octanol–water partition coefficient (Wildman–Crippen LogP) is 3.13. The van der Waals surface area contributed by atoms with Crippen LogP contribution < -0.4 is 5.73 Å². The van der Waals surface area contributed by atoms with E-state index in [2.05, 4.69) is 0 Å². The van der Waals surface area contributed by atoms with Gasteiger partial charge in [0.15, 0.2) is 0 Å². The van der Waals surface area contributed by atoms with Crippen LogP contribution in [0.25, 0.3) is 0 Å². The molecule has 0 aliphatic heterocycles. The van der Waals surface area contributed by atoms with Gasteiger partial charge in [-0.05, 0) is 12.1 Å². The van der Waals surface area contributed by atoms with Crippen LogP contribution in [0.3, 0.4) is 0 Å². The number of rotatable bonds is 0. The lowest BCUT2D eigenvalue weighted by Gasteiger charge is -2.07. The van der Waals surface area contributed by atoms with E-state index >= 15 is 0 Å². The van der Waals surface area contributed by atoms with Crippen LogP contribution in [-0.4, -0.2) is 0 Å². The molecule has 0 heterocycles. The van der Waals surface area contributed by atoms with Gasteiger partial charge in [-0.15, -0.1) is 24.8 Å². The minimum Gasteiger partial charge on any atom is -0.398 e. The first-order valence-corrected chi connectivity index (χ1v) is 2.93. The Hall–Kier alpha value is -0.610. The number of anilines is 1. The number of nitrogen functional groups attached to an aromatic ring is 1. The largest absolute Gasteiger partial charge is 0.418 e. The lowest BCUT2D eigenvalue weighted by atomic mass is 10.2. The van der Waals surface area contributed by atoms with Gasteiger partial charge in [0.05, 0.1) is 5.56 Å². The maximum absolute atomic E-state index is 12.0. The Balaban J connectivity index is 0. The molecule has 76 valence electrons. The smallest absolute Gasteiger partial charge is 0.398 e. The zero-order chi connectivity index (χ0) is 8.48. The zero-order valence-electron chi connectivity index (χ0n) is 6.34. The molecule has 0 aliphatic carbocycles. The monoisotopic (exact) mass is 233 g/mol. The second-order valence-electron chi connectivity index (χ2n) is 2.09. The summed E-state index contributed by atoms with van der Waals surface area (Å²) < 4.78 is 35.9. The van der Waals surface area contributed by atoms with Crippen molar-refractivity contribution in [2.45, 2.75) is 6.18 Å². The van der Waals surface area contributed by atoms with Gasteiger partial charge in [0.1, 0.15) is 0 Å². The fourth-order valence-corrected chi connectivity index (χ4v) is 0.755. The van der Waals surface area contributed by atoms with Crippen molar-refractivity contribution in [3.63, 3.8) is 0 Å². The minimum atomic E-state index is -4.34. The molecule has 0 bridgehead atoms. The highest BCUT2D eigenvalue weighted by molar-refractivity contribution is 5.85. The van der Waals surface area contributed by atoms with Gasteiger partial charge in [-0.25, -0.2) is 0 Å². The van der Waals surface area contributed by atoms with Gasteiger partial charge < -0.3 is 5.73 Å². The number of nitrogens with two attached hydrogens (primary N) is 1. The number of hydrogen-bond donors (Lipinski definition) is 1. The summed E-state index contributed by atoms with van der Waals surface area (Å²) in [6.07, 6.45) is -4.34. The molecule has 0 aliphatic rings. The molecule has 1 nitrogen and oxygen atoms in total.